The molecule has 0 fully saturated rings. The van der Waals surface area contributed by atoms with Gasteiger partial charge in [-0.3, -0.25) is 9.10 Å². The number of sulfonamides is 1. The van der Waals surface area contributed by atoms with E-state index in [1.165, 1.54) is 12.1 Å². The summed E-state index contributed by atoms with van der Waals surface area (Å²) in [5.74, 6) is -0.469. The fraction of sp³-hybridized carbons (Fsp3) is 0.316. The molecule has 0 aromatic heterocycles. The highest BCUT2D eigenvalue weighted by Crippen LogP contribution is 2.25. The molecule has 0 bridgehead atoms. The molecule has 2 aromatic carbocycles. The first kappa shape index (κ1) is 22.0. The van der Waals surface area contributed by atoms with Gasteiger partial charge in [-0.25, -0.2) is 12.8 Å². The van der Waals surface area contributed by atoms with Crippen molar-refractivity contribution < 1.29 is 22.3 Å². The van der Waals surface area contributed by atoms with Gasteiger partial charge in [-0.05, 0) is 42.3 Å². The number of amides is 1. The van der Waals surface area contributed by atoms with Crippen LogP contribution in [0.15, 0.2) is 42.5 Å². The fourth-order valence-electron chi connectivity index (χ4n) is 2.67. The Morgan fingerprint density at radius 2 is 1.89 bits per heavy atom. The zero-order chi connectivity index (χ0) is 20.9. The number of nitrogens with zero attached hydrogens (tertiary/aromatic N) is 1. The van der Waals surface area contributed by atoms with Crippen molar-refractivity contribution in [2.75, 3.05) is 24.2 Å². The lowest BCUT2D eigenvalue weighted by molar-refractivity contribution is -0.120. The summed E-state index contributed by atoms with van der Waals surface area (Å²) in [6.45, 7) is 1.46. The molecule has 0 aliphatic rings. The second-order valence-electron chi connectivity index (χ2n) is 6.17. The van der Waals surface area contributed by atoms with Gasteiger partial charge in [-0.15, -0.1) is 0 Å². The lowest BCUT2D eigenvalue weighted by Gasteiger charge is -2.24. The molecule has 2 rings (SSSR count). The lowest BCUT2D eigenvalue weighted by Crippen LogP contribution is -2.41. The number of nitrogens with one attached hydrogen (secondary N) is 1. The summed E-state index contributed by atoms with van der Waals surface area (Å²) in [6, 6.07) is 10.4. The van der Waals surface area contributed by atoms with Crippen molar-refractivity contribution >= 4 is 33.2 Å². The van der Waals surface area contributed by atoms with E-state index in [1.807, 2.05) is 19.1 Å². The second kappa shape index (κ2) is 9.25. The summed E-state index contributed by atoms with van der Waals surface area (Å²) in [6.07, 6.45) is 1.58. The van der Waals surface area contributed by atoms with Gasteiger partial charge >= 0.3 is 0 Å². The molecular formula is C19H22ClFN2O4S. The maximum Gasteiger partial charge on any atom is 0.241 e. The molecule has 152 valence electrons. The van der Waals surface area contributed by atoms with Gasteiger partial charge in [0.2, 0.25) is 15.9 Å². The standard InChI is InChI=1S/C19H22ClFN2O4S/c1-4-18(13-5-8-15(27-2)9-6-13)22-19(24)12-23(28(3,25)26)14-7-10-17(21)16(20)11-14/h5-11,18H,4,12H2,1-3H3,(H,22,24)/t18-/m1/s1. The maximum atomic E-state index is 13.4. The molecule has 2 aromatic rings. The number of anilines is 1. The number of carbonyl (C=O) groups excluding carboxylic acids is 1. The van der Waals surface area contributed by atoms with Crippen LogP contribution >= 0.6 is 11.6 Å². The minimum Gasteiger partial charge on any atom is -0.497 e. The molecular weight excluding hydrogens is 407 g/mol. The smallest absolute Gasteiger partial charge is 0.241 e. The molecule has 1 amide bonds. The minimum absolute atomic E-state index is 0.113. The zero-order valence-electron chi connectivity index (χ0n) is 15.8. The molecule has 0 unspecified atom stereocenters. The number of hydrogen-bond donors (Lipinski definition) is 1. The van der Waals surface area contributed by atoms with Gasteiger partial charge in [0, 0.05) is 0 Å². The van der Waals surface area contributed by atoms with Gasteiger partial charge in [0.15, 0.2) is 0 Å². The van der Waals surface area contributed by atoms with Gasteiger partial charge in [-0.1, -0.05) is 30.7 Å². The topological polar surface area (TPSA) is 75.7 Å². The Balaban J connectivity index is 2.19. The predicted octanol–water partition coefficient (Wildman–Crippen LogP) is 3.52. The molecule has 0 heterocycles. The predicted molar refractivity (Wildman–Crippen MR) is 108 cm³/mol. The van der Waals surface area contributed by atoms with Gasteiger partial charge in [0.05, 0.1) is 30.1 Å². The van der Waals surface area contributed by atoms with Crippen LogP contribution in [0.1, 0.15) is 24.9 Å². The van der Waals surface area contributed by atoms with Gasteiger partial charge in [-0.2, -0.15) is 0 Å². The summed E-state index contributed by atoms with van der Waals surface area (Å²) in [5.41, 5.74) is 0.980. The number of carbonyl (C=O) groups is 1. The lowest BCUT2D eigenvalue weighted by atomic mass is 10.0. The van der Waals surface area contributed by atoms with Crippen molar-refractivity contribution in [3.63, 3.8) is 0 Å². The molecule has 6 nitrogen and oxygen atoms in total. The van der Waals surface area contributed by atoms with Gasteiger partial charge < -0.3 is 10.1 Å². The van der Waals surface area contributed by atoms with Crippen molar-refractivity contribution in [1.82, 2.24) is 5.32 Å². The second-order valence-corrected chi connectivity index (χ2v) is 8.48. The molecule has 0 aliphatic carbocycles. The molecule has 0 saturated carbocycles. The highest BCUT2D eigenvalue weighted by atomic mass is 35.5. The Morgan fingerprint density at radius 3 is 2.39 bits per heavy atom. The highest BCUT2D eigenvalue weighted by Gasteiger charge is 2.23. The van der Waals surface area contributed by atoms with E-state index in [9.17, 15) is 17.6 Å². The van der Waals surface area contributed by atoms with Crippen LogP contribution in [0.2, 0.25) is 5.02 Å². The van der Waals surface area contributed by atoms with Crippen LogP contribution in [0.5, 0.6) is 5.75 Å². The first-order valence-electron chi connectivity index (χ1n) is 8.51. The SMILES string of the molecule is CC[C@@H](NC(=O)CN(c1ccc(F)c(Cl)c1)S(C)(=O)=O)c1ccc(OC)cc1. The van der Waals surface area contributed by atoms with Crippen LogP contribution in [0.25, 0.3) is 0 Å². The normalized spacial score (nSPS) is 12.3. The largest absolute Gasteiger partial charge is 0.497 e. The summed E-state index contributed by atoms with van der Waals surface area (Å²) in [4.78, 5) is 12.5. The van der Waals surface area contributed by atoms with E-state index in [0.717, 1.165) is 22.2 Å². The van der Waals surface area contributed by atoms with Gasteiger partial charge in [0.25, 0.3) is 0 Å². The van der Waals surface area contributed by atoms with E-state index < -0.39 is 28.3 Å². The molecule has 0 spiro atoms. The third-order valence-corrected chi connectivity index (χ3v) is 5.57. The number of halogens is 2. The Labute approximate surface area is 169 Å². The van der Waals surface area contributed by atoms with E-state index in [2.05, 4.69) is 5.32 Å². The average molecular weight is 429 g/mol. The number of ether oxygens (including phenoxy) is 1. The first-order valence-corrected chi connectivity index (χ1v) is 10.7. The first-order chi connectivity index (χ1) is 13.2. The maximum absolute atomic E-state index is 13.4. The van der Waals surface area contributed by atoms with E-state index in [0.29, 0.717) is 12.2 Å². The summed E-state index contributed by atoms with van der Waals surface area (Å²) in [5, 5.41) is 2.60. The Bertz CT molecular complexity index is 935. The van der Waals surface area contributed by atoms with E-state index in [1.54, 1.807) is 19.2 Å². The average Bonchev–Trinajstić information content (AvgIpc) is 2.65. The van der Waals surface area contributed by atoms with Crippen molar-refractivity contribution in [3.8, 4) is 5.75 Å². The number of rotatable bonds is 8. The third kappa shape index (κ3) is 5.59. The molecule has 0 radical (unpaired) electrons. The minimum atomic E-state index is -3.78. The summed E-state index contributed by atoms with van der Waals surface area (Å²) in [7, 11) is -2.22. The molecule has 1 atom stereocenters. The van der Waals surface area contributed by atoms with E-state index in [-0.39, 0.29) is 16.8 Å². The Morgan fingerprint density at radius 1 is 1.25 bits per heavy atom. The van der Waals surface area contributed by atoms with Crippen LogP contribution in [0.3, 0.4) is 0 Å². The Kier molecular flexibility index (Phi) is 7.26. The zero-order valence-corrected chi connectivity index (χ0v) is 17.3. The summed E-state index contributed by atoms with van der Waals surface area (Å²) >= 11 is 5.75. The van der Waals surface area contributed by atoms with E-state index >= 15 is 0 Å². The summed E-state index contributed by atoms with van der Waals surface area (Å²) < 4.78 is 43.7. The van der Waals surface area contributed by atoms with Crippen molar-refractivity contribution in [2.45, 2.75) is 19.4 Å². The quantitative estimate of drug-likeness (QED) is 0.698. The molecule has 0 aliphatic heterocycles. The number of benzene rings is 2. The van der Waals surface area contributed by atoms with Crippen LogP contribution in [0.4, 0.5) is 10.1 Å². The molecule has 0 saturated heterocycles. The molecule has 9 heteroatoms. The van der Waals surface area contributed by atoms with Crippen LogP contribution in [-0.2, 0) is 14.8 Å². The molecule has 1 N–H and O–H groups in total. The number of hydrogen-bond acceptors (Lipinski definition) is 4. The van der Waals surface area contributed by atoms with Crippen molar-refractivity contribution in [2.24, 2.45) is 0 Å². The van der Waals surface area contributed by atoms with Crippen LogP contribution < -0.4 is 14.4 Å². The van der Waals surface area contributed by atoms with Crippen LogP contribution in [0, 0.1) is 5.82 Å². The fourth-order valence-corrected chi connectivity index (χ4v) is 3.69. The van der Waals surface area contributed by atoms with Crippen molar-refractivity contribution in [1.29, 1.82) is 0 Å². The van der Waals surface area contributed by atoms with Crippen LogP contribution in [-0.4, -0.2) is 34.2 Å². The number of methoxy groups -OCH3 is 1. The highest BCUT2D eigenvalue weighted by molar-refractivity contribution is 7.92. The Hall–Kier alpha value is -2.32. The third-order valence-electron chi connectivity index (χ3n) is 4.14. The van der Waals surface area contributed by atoms with Crippen molar-refractivity contribution in [3.05, 3.63) is 58.9 Å². The monoisotopic (exact) mass is 428 g/mol. The van der Waals surface area contributed by atoms with E-state index in [4.69, 9.17) is 16.3 Å². The van der Waals surface area contributed by atoms with Gasteiger partial charge in [0.1, 0.15) is 18.1 Å². The molecule has 28 heavy (non-hydrogen) atoms.